The molecule has 2 aromatic rings. The summed E-state index contributed by atoms with van der Waals surface area (Å²) in [6.45, 7) is 3.94. The number of carbonyl (C=O) groups excluding carboxylic acids is 3. The molecule has 0 radical (unpaired) electrons. The number of thiazole rings is 1. The predicted octanol–water partition coefficient (Wildman–Crippen LogP) is 2.35. The van der Waals surface area contributed by atoms with Crippen LogP contribution in [-0.2, 0) is 21.4 Å². The van der Waals surface area contributed by atoms with Crippen LogP contribution >= 0.6 is 34.7 Å². The number of benzene rings is 1. The van der Waals surface area contributed by atoms with Crippen LogP contribution in [0.4, 0.5) is 4.79 Å². The first kappa shape index (κ1) is 22.6. The van der Waals surface area contributed by atoms with Crippen molar-refractivity contribution < 1.29 is 19.1 Å². The lowest BCUT2D eigenvalue weighted by Gasteiger charge is -2.34. The van der Waals surface area contributed by atoms with E-state index in [0.717, 1.165) is 10.2 Å². The minimum absolute atomic E-state index is 0.0432. The molecule has 0 spiro atoms. The van der Waals surface area contributed by atoms with Crippen molar-refractivity contribution in [2.75, 3.05) is 44.3 Å². The maximum absolute atomic E-state index is 12.4. The fraction of sp³-hybridized carbons (Fsp3) is 0.474. The Morgan fingerprint density at radius 3 is 2.57 bits per heavy atom. The molecule has 0 N–H and O–H groups in total. The minimum atomic E-state index is -0.345. The molecule has 3 rings (SSSR count). The number of carbonyl (C=O) groups is 3. The molecule has 2 heterocycles. The average molecular weight is 471 g/mol. The van der Waals surface area contributed by atoms with Crippen molar-refractivity contribution in [1.29, 1.82) is 0 Å². The molecule has 1 saturated heterocycles. The van der Waals surface area contributed by atoms with Gasteiger partial charge in [0.15, 0.2) is 4.80 Å². The maximum Gasteiger partial charge on any atom is 0.409 e. The van der Waals surface area contributed by atoms with Crippen LogP contribution in [0.1, 0.15) is 6.92 Å². The van der Waals surface area contributed by atoms with E-state index in [1.807, 2.05) is 23.7 Å². The molecule has 0 bridgehead atoms. The molecule has 8 nitrogen and oxygen atoms in total. The van der Waals surface area contributed by atoms with Crippen LogP contribution in [0.25, 0.3) is 10.2 Å². The number of rotatable bonds is 5. The van der Waals surface area contributed by atoms with Gasteiger partial charge in [-0.05, 0) is 25.1 Å². The molecule has 1 aromatic heterocycles. The van der Waals surface area contributed by atoms with Crippen molar-refractivity contribution in [3.8, 4) is 0 Å². The molecule has 1 fully saturated rings. The number of amides is 3. The maximum atomic E-state index is 12.4. The highest BCUT2D eigenvalue weighted by atomic mass is 35.5. The second kappa shape index (κ2) is 10.3. The van der Waals surface area contributed by atoms with E-state index in [4.69, 9.17) is 16.3 Å². The Morgan fingerprint density at radius 2 is 1.87 bits per heavy atom. The number of piperazine rings is 1. The van der Waals surface area contributed by atoms with E-state index < -0.39 is 0 Å². The summed E-state index contributed by atoms with van der Waals surface area (Å²) in [5.74, 6) is 0.00443. The SMILES string of the molecule is CCOC(=O)N1CCN(C(=O)CSCC(=O)N=c2sc3cc(Cl)ccc3n2C)CC1. The van der Waals surface area contributed by atoms with E-state index in [0.29, 0.717) is 42.6 Å². The minimum Gasteiger partial charge on any atom is -0.450 e. The van der Waals surface area contributed by atoms with Gasteiger partial charge in [0.1, 0.15) is 0 Å². The Bertz CT molecular complexity index is 1010. The lowest BCUT2D eigenvalue weighted by atomic mass is 10.3. The van der Waals surface area contributed by atoms with E-state index in [-0.39, 0.29) is 29.4 Å². The normalized spacial score (nSPS) is 15.0. The molecule has 3 amide bonds. The molecule has 0 aliphatic carbocycles. The van der Waals surface area contributed by atoms with Gasteiger partial charge in [-0.2, -0.15) is 4.99 Å². The first-order valence-electron chi connectivity index (χ1n) is 9.49. The summed E-state index contributed by atoms with van der Waals surface area (Å²) in [7, 11) is 1.85. The quantitative estimate of drug-likeness (QED) is 0.669. The summed E-state index contributed by atoms with van der Waals surface area (Å²) in [4.78, 5) is 44.4. The fourth-order valence-corrected chi connectivity index (χ4v) is 5.03. The van der Waals surface area contributed by atoms with Gasteiger partial charge in [0.2, 0.25) is 5.91 Å². The third-order valence-corrected chi connectivity index (χ3v) is 6.83. The van der Waals surface area contributed by atoms with Crippen LogP contribution in [0.2, 0.25) is 5.02 Å². The second-order valence-electron chi connectivity index (χ2n) is 6.62. The molecule has 0 saturated carbocycles. The third kappa shape index (κ3) is 5.55. The topological polar surface area (TPSA) is 84.2 Å². The Morgan fingerprint density at radius 1 is 1.17 bits per heavy atom. The molecule has 0 atom stereocenters. The Hall–Kier alpha value is -2.04. The second-order valence-corrected chi connectivity index (χ2v) is 9.05. The fourth-order valence-electron chi connectivity index (χ4n) is 3.02. The first-order chi connectivity index (χ1) is 14.4. The monoisotopic (exact) mass is 470 g/mol. The van der Waals surface area contributed by atoms with Gasteiger partial charge in [-0.25, -0.2) is 4.79 Å². The zero-order chi connectivity index (χ0) is 21.7. The predicted molar refractivity (Wildman–Crippen MR) is 119 cm³/mol. The number of aromatic nitrogens is 1. The van der Waals surface area contributed by atoms with E-state index >= 15 is 0 Å². The smallest absolute Gasteiger partial charge is 0.409 e. The summed E-state index contributed by atoms with van der Waals surface area (Å²) >= 11 is 8.67. The van der Waals surface area contributed by atoms with Crippen LogP contribution in [-0.4, -0.2) is 76.6 Å². The number of thioether (sulfide) groups is 1. The number of halogens is 1. The molecular formula is C19H23ClN4O4S2. The van der Waals surface area contributed by atoms with Crippen molar-refractivity contribution in [1.82, 2.24) is 14.4 Å². The van der Waals surface area contributed by atoms with Crippen molar-refractivity contribution in [3.05, 3.63) is 28.0 Å². The molecule has 11 heteroatoms. The van der Waals surface area contributed by atoms with Crippen molar-refractivity contribution in [2.24, 2.45) is 12.0 Å². The zero-order valence-electron chi connectivity index (χ0n) is 16.8. The number of nitrogens with zero attached hydrogens (tertiary/aromatic N) is 4. The average Bonchev–Trinajstić information content (AvgIpc) is 3.02. The Balaban J connectivity index is 1.48. The van der Waals surface area contributed by atoms with Crippen LogP contribution in [0.5, 0.6) is 0 Å². The van der Waals surface area contributed by atoms with E-state index in [2.05, 4.69) is 4.99 Å². The summed E-state index contributed by atoms with van der Waals surface area (Å²) in [5, 5.41) is 0.638. The number of fused-ring (bicyclic) bond motifs is 1. The van der Waals surface area contributed by atoms with Crippen LogP contribution in [0.3, 0.4) is 0 Å². The highest BCUT2D eigenvalue weighted by Gasteiger charge is 2.24. The largest absolute Gasteiger partial charge is 0.450 e. The van der Waals surface area contributed by atoms with Gasteiger partial charge in [0.05, 0.1) is 28.3 Å². The summed E-state index contributed by atoms with van der Waals surface area (Å²) in [6.07, 6.45) is -0.345. The van der Waals surface area contributed by atoms with Crippen LogP contribution in [0, 0.1) is 0 Å². The van der Waals surface area contributed by atoms with Gasteiger partial charge in [-0.3, -0.25) is 9.59 Å². The lowest BCUT2D eigenvalue weighted by Crippen LogP contribution is -2.51. The van der Waals surface area contributed by atoms with Gasteiger partial charge < -0.3 is 19.1 Å². The summed E-state index contributed by atoms with van der Waals surface area (Å²) in [5.41, 5.74) is 0.959. The summed E-state index contributed by atoms with van der Waals surface area (Å²) in [6, 6.07) is 5.54. The molecule has 1 aliphatic rings. The number of hydrogen-bond acceptors (Lipinski definition) is 6. The van der Waals surface area contributed by atoms with Gasteiger partial charge in [-0.1, -0.05) is 22.9 Å². The molecular weight excluding hydrogens is 448 g/mol. The molecule has 162 valence electrons. The zero-order valence-corrected chi connectivity index (χ0v) is 19.2. The standard InChI is InChI=1S/C19H23ClN4O4S2/c1-3-28-19(27)24-8-6-23(7-9-24)17(26)12-29-11-16(25)21-18-22(2)14-5-4-13(20)10-15(14)30-18/h4-5,10H,3,6-9,11-12H2,1-2H3. The van der Waals surface area contributed by atoms with Crippen LogP contribution in [0.15, 0.2) is 23.2 Å². The number of hydrogen-bond donors (Lipinski definition) is 0. The van der Waals surface area contributed by atoms with Gasteiger partial charge in [-0.15, -0.1) is 11.8 Å². The molecule has 1 aliphatic heterocycles. The van der Waals surface area contributed by atoms with E-state index in [1.54, 1.807) is 22.8 Å². The van der Waals surface area contributed by atoms with E-state index in [9.17, 15) is 14.4 Å². The van der Waals surface area contributed by atoms with Gasteiger partial charge >= 0.3 is 6.09 Å². The molecule has 30 heavy (non-hydrogen) atoms. The summed E-state index contributed by atoms with van der Waals surface area (Å²) < 4.78 is 7.79. The number of aryl methyl sites for hydroxylation is 1. The van der Waals surface area contributed by atoms with Gasteiger partial charge in [0.25, 0.3) is 5.91 Å². The van der Waals surface area contributed by atoms with Crippen molar-refractivity contribution in [3.63, 3.8) is 0 Å². The highest BCUT2D eigenvalue weighted by molar-refractivity contribution is 8.00. The number of ether oxygens (including phenoxy) is 1. The molecule has 0 unspecified atom stereocenters. The lowest BCUT2D eigenvalue weighted by molar-refractivity contribution is -0.129. The van der Waals surface area contributed by atoms with Crippen molar-refractivity contribution in [2.45, 2.75) is 6.92 Å². The van der Waals surface area contributed by atoms with Crippen molar-refractivity contribution >= 4 is 62.8 Å². The third-order valence-electron chi connectivity index (χ3n) is 4.60. The highest BCUT2D eigenvalue weighted by Crippen LogP contribution is 2.21. The molecule has 1 aromatic carbocycles. The Kier molecular flexibility index (Phi) is 7.79. The van der Waals surface area contributed by atoms with Crippen LogP contribution < -0.4 is 4.80 Å². The van der Waals surface area contributed by atoms with Gasteiger partial charge in [0, 0.05) is 38.2 Å². The Labute approximate surface area is 187 Å². The van der Waals surface area contributed by atoms with E-state index in [1.165, 1.54) is 23.1 Å². The first-order valence-corrected chi connectivity index (χ1v) is 11.8.